The van der Waals surface area contributed by atoms with Gasteiger partial charge in [-0.25, -0.2) is 9.80 Å². The maximum absolute atomic E-state index is 11.3. The molecule has 0 bridgehead atoms. The number of carbonyl (C=O) groups excluding carboxylic acids is 2. The van der Waals surface area contributed by atoms with E-state index in [0.29, 0.717) is 0 Å². The molecule has 0 aliphatic carbocycles. The summed E-state index contributed by atoms with van der Waals surface area (Å²) in [7, 11) is 0. The van der Waals surface area contributed by atoms with E-state index >= 15 is 0 Å². The Hall–Kier alpha value is -2.37. The first kappa shape index (κ1) is 16.0. The number of nitrogens with one attached hydrogen (secondary N) is 1. The van der Waals surface area contributed by atoms with Crippen molar-refractivity contribution in [2.45, 2.75) is 32.6 Å². The van der Waals surface area contributed by atoms with E-state index in [0.717, 1.165) is 29.3 Å². The molecule has 118 valence electrons. The van der Waals surface area contributed by atoms with Gasteiger partial charge in [-0.1, -0.05) is 26.2 Å². The van der Waals surface area contributed by atoms with Crippen LogP contribution in [0.4, 0.5) is 4.79 Å². The molecule has 1 aromatic carbocycles. The molecule has 1 aliphatic rings. The summed E-state index contributed by atoms with van der Waals surface area (Å²) in [6.45, 7) is 2.88. The monoisotopic (exact) mass is 303 g/mol. The molecule has 0 radical (unpaired) electrons. The number of nitrogens with zero attached hydrogens (tertiary/aromatic N) is 2. The van der Waals surface area contributed by atoms with Gasteiger partial charge in [0.05, 0.1) is 12.8 Å². The second-order valence-corrected chi connectivity index (χ2v) is 5.13. The van der Waals surface area contributed by atoms with Crippen LogP contribution in [0.3, 0.4) is 0 Å². The normalized spacial score (nSPS) is 14.7. The van der Waals surface area contributed by atoms with Crippen LogP contribution in [-0.2, 0) is 4.79 Å². The highest BCUT2D eigenvalue weighted by Crippen LogP contribution is 2.12. The van der Waals surface area contributed by atoms with Gasteiger partial charge >= 0.3 is 6.03 Å². The lowest BCUT2D eigenvalue weighted by molar-refractivity contribution is -0.118. The Labute approximate surface area is 130 Å². The first-order valence-electron chi connectivity index (χ1n) is 7.57. The standard InChI is InChI=1S/C16H21N3O3/c1-2-3-4-5-10-22-14-8-6-13(7-9-14)11-17-19-12-15(20)18-16(19)21/h6-9,11H,2-5,10,12H2,1H3,(H,18,20,21)/b17-11-. The molecule has 3 amide bonds. The van der Waals surface area contributed by atoms with Gasteiger partial charge < -0.3 is 4.74 Å². The van der Waals surface area contributed by atoms with Gasteiger partial charge in [-0.2, -0.15) is 5.10 Å². The average molecular weight is 303 g/mol. The molecule has 1 heterocycles. The maximum Gasteiger partial charge on any atom is 0.344 e. The molecule has 0 unspecified atom stereocenters. The molecular weight excluding hydrogens is 282 g/mol. The number of hydrazone groups is 1. The van der Waals surface area contributed by atoms with E-state index < -0.39 is 6.03 Å². The van der Waals surface area contributed by atoms with Gasteiger partial charge in [-0.05, 0) is 36.2 Å². The lowest BCUT2D eigenvalue weighted by atomic mass is 10.2. The van der Waals surface area contributed by atoms with E-state index in [2.05, 4.69) is 17.3 Å². The van der Waals surface area contributed by atoms with Gasteiger partial charge in [-0.15, -0.1) is 0 Å². The van der Waals surface area contributed by atoms with Crippen molar-refractivity contribution in [1.82, 2.24) is 10.3 Å². The van der Waals surface area contributed by atoms with Gasteiger partial charge in [-0.3, -0.25) is 10.1 Å². The molecule has 0 saturated carbocycles. The largest absolute Gasteiger partial charge is 0.494 e. The number of amides is 3. The Bertz CT molecular complexity index is 540. The number of benzene rings is 1. The summed E-state index contributed by atoms with van der Waals surface area (Å²) in [5.74, 6) is 0.483. The number of rotatable bonds is 8. The number of hydrogen-bond acceptors (Lipinski definition) is 4. The summed E-state index contributed by atoms with van der Waals surface area (Å²) in [5, 5.41) is 7.25. The molecule has 6 nitrogen and oxygen atoms in total. The third-order valence-corrected chi connectivity index (χ3v) is 3.27. The fourth-order valence-electron chi connectivity index (χ4n) is 2.03. The zero-order valence-electron chi connectivity index (χ0n) is 12.7. The molecule has 2 rings (SSSR count). The van der Waals surface area contributed by atoms with Crippen molar-refractivity contribution < 1.29 is 14.3 Å². The molecule has 0 atom stereocenters. The predicted octanol–water partition coefficient (Wildman–Crippen LogP) is 2.53. The van der Waals surface area contributed by atoms with Crippen LogP contribution < -0.4 is 10.1 Å². The van der Waals surface area contributed by atoms with Gasteiger partial charge in [0.1, 0.15) is 12.3 Å². The molecule has 1 saturated heterocycles. The van der Waals surface area contributed by atoms with Crippen molar-refractivity contribution in [3.05, 3.63) is 29.8 Å². The van der Waals surface area contributed by atoms with Crippen molar-refractivity contribution >= 4 is 18.2 Å². The Morgan fingerprint density at radius 2 is 2.00 bits per heavy atom. The van der Waals surface area contributed by atoms with E-state index in [1.807, 2.05) is 24.3 Å². The Kier molecular flexibility index (Phi) is 5.94. The molecule has 1 N–H and O–H groups in total. The van der Waals surface area contributed by atoms with Crippen LogP contribution in [0.1, 0.15) is 38.2 Å². The number of carbonyl (C=O) groups is 2. The van der Waals surface area contributed by atoms with Crippen LogP contribution >= 0.6 is 0 Å². The SMILES string of the molecule is CCCCCCOc1ccc(/C=N\N2CC(=O)NC2=O)cc1. The third kappa shape index (κ3) is 4.87. The predicted molar refractivity (Wildman–Crippen MR) is 83.9 cm³/mol. The fraction of sp³-hybridized carbons (Fsp3) is 0.438. The Morgan fingerprint density at radius 3 is 2.64 bits per heavy atom. The van der Waals surface area contributed by atoms with Gasteiger partial charge in [0.2, 0.25) is 5.91 Å². The number of imide groups is 1. The topological polar surface area (TPSA) is 71.0 Å². The molecule has 0 spiro atoms. The highest BCUT2D eigenvalue weighted by atomic mass is 16.5. The van der Waals surface area contributed by atoms with E-state index in [-0.39, 0.29) is 12.5 Å². The van der Waals surface area contributed by atoms with Crippen molar-refractivity contribution in [3.63, 3.8) is 0 Å². The number of hydrogen-bond donors (Lipinski definition) is 1. The van der Waals surface area contributed by atoms with Crippen molar-refractivity contribution in [1.29, 1.82) is 0 Å². The summed E-state index contributed by atoms with van der Waals surface area (Å²) in [6.07, 6.45) is 6.26. The van der Waals surface area contributed by atoms with Crippen LogP contribution in [0.25, 0.3) is 0 Å². The molecule has 6 heteroatoms. The van der Waals surface area contributed by atoms with E-state index in [1.54, 1.807) is 6.21 Å². The van der Waals surface area contributed by atoms with E-state index in [1.165, 1.54) is 19.3 Å². The zero-order valence-corrected chi connectivity index (χ0v) is 12.7. The van der Waals surface area contributed by atoms with E-state index in [4.69, 9.17) is 4.74 Å². The van der Waals surface area contributed by atoms with Crippen LogP contribution in [-0.4, -0.2) is 36.3 Å². The van der Waals surface area contributed by atoms with Crippen molar-refractivity contribution in [3.8, 4) is 5.75 Å². The van der Waals surface area contributed by atoms with Gasteiger partial charge in [0.15, 0.2) is 0 Å². The number of urea groups is 1. The minimum absolute atomic E-state index is 0.0334. The van der Waals surface area contributed by atoms with Crippen LogP contribution in [0.15, 0.2) is 29.4 Å². The quantitative estimate of drug-likeness (QED) is 0.456. The van der Waals surface area contributed by atoms with Crippen molar-refractivity contribution in [2.24, 2.45) is 5.10 Å². The second kappa shape index (κ2) is 8.17. The molecule has 1 fully saturated rings. The summed E-state index contributed by atoms with van der Waals surface area (Å²) in [6, 6.07) is 6.97. The van der Waals surface area contributed by atoms with Crippen LogP contribution in [0.5, 0.6) is 5.75 Å². The molecule has 1 aromatic rings. The summed E-state index contributed by atoms with van der Waals surface area (Å²) in [5.41, 5.74) is 0.838. The lowest BCUT2D eigenvalue weighted by Crippen LogP contribution is -2.24. The zero-order chi connectivity index (χ0) is 15.8. The smallest absolute Gasteiger partial charge is 0.344 e. The number of unbranched alkanes of at least 4 members (excludes halogenated alkanes) is 3. The molecule has 22 heavy (non-hydrogen) atoms. The second-order valence-electron chi connectivity index (χ2n) is 5.13. The highest BCUT2D eigenvalue weighted by Gasteiger charge is 2.25. The highest BCUT2D eigenvalue weighted by molar-refractivity contribution is 6.02. The summed E-state index contributed by atoms with van der Waals surface area (Å²) in [4.78, 5) is 22.3. The Balaban J connectivity index is 1.79. The summed E-state index contributed by atoms with van der Waals surface area (Å²) >= 11 is 0. The molecule has 1 aliphatic heterocycles. The van der Waals surface area contributed by atoms with Crippen LogP contribution in [0, 0.1) is 0 Å². The van der Waals surface area contributed by atoms with Gasteiger partial charge in [0, 0.05) is 0 Å². The minimum atomic E-state index is -0.492. The third-order valence-electron chi connectivity index (χ3n) is 3.27. The maximum atomic E-state index is 11.3. The Morgan fingerprint density at radius 1 is 1.23 bits per heavy atom. The van der Waals surface area contributed by atoms with Crippen molar-refractivity contribution in [2.75, 3.05) is 13.2 Å². The lowest BCUT2D eigenvalue weighted by Gasteiger charge is -2.06. The average Bonchev–Trinajstić information content (AvgIpc) is 2.84. The minimum Gasteiger partial charge on any atom is -0.494 e. The summed E-state index contributed by atoms with van der Waals surface area (Å²) < 4.78 is 5.65. The van der Waals surface area contributed by atoms with Gasteiger partial charge in [0.25, 0.3) is 0 Å². The fourth-order valence-corrected chi connectivity index (χ4v) is 2.03. The molecule has 0 aromatic heterocycles. The number of ether oxygens (including phenoxy) is 1. The first-order chi connectivity index (χ1) is 10.7. The van der Waals surface area contributed by atoms with E-state index in [9.17, 15) is 9.59 Å². The first-order valence-corrected chi connectivity index (χ1v) is 7.57. The molecular formula is C16H21N3O3. The van der Waals surface area contributed by atoms with Crippen LogP contribution in [0.2, 0.25) is 0 Å².